The number of carboxylic acid groups (broad SMARTS) is 1. The van der Waals surface area contributed by atoms with E-state index in [0.29, 0.717) is 17.1 Å². The number of aromatic carboxylic acids is 1. The average Bonchev–Trinajstić information content (AvgIpc) is 3.19. The first-order chi connectivity index (χ1) is 11.1. The lowest BCUT2D eigenvalue weighted by molar-refractivity contribution is 0.0700. The van der Waals surface area contributed by atoms with Crippen LogP contribution in [-0.2, 0) is 12.8 Å². The molecular formula is C16H17NO5S. The van der Waals surface area contributed by atoms with Crippen LogP contribution in [0.1, 0.15) is 55.2 Å². The van der Waals surface area contributed by atoms with Crippen LogP contribution < -0.4 is 5.32 Å². The molecule has 7 heteroatoms. The summed E-state index contributed by atoms with van der Waals surface area (Å²) in [5.74, 6) is -0.946. The smallest absolute Gasteiger partial charge is 0.346 e. The van der Waals surface area contributed by atoms with Gasteiger partial charge in [-0.1, -0.05) is 0 Å². The molecule has 1 aliphatic rings. The molecule has 122 valence electrons. The second-order valence-corrected chi connectivity index (χ2v) is 6.49. The lowest BCUT2D eigenvalue weighted by Gasteiger charge is -2.14. The van der Waals surface area contributed by atoms with Gasteiger partial charge < -0.3 is 19.9 Å². The Kier molecular flexibility index (Phi) is 4.49. The van der Waals surface area contributed by atoms with Gasteiger partial charge in [-0.3, -0.25) is 4.79 Å². The number of carbonyl (C=O) groups is 2. The standard InChI is InChI=1S/C16H17NO5S/c18-11(12-6-3-7-22-12)8-17-15(19)13-9-4-1-2-5-10(9)14(23-13)16(20)21/h3,6-7,11,18H,1-2,4-5,8H2,(H,17,19)(H,20,21). The van der Waals surface area contributed by atoms with Crippen LogP contribution in [0.2, 0.25) is 0 Å². The maximum atomic E-state index is 12.4. The fourth-order valence-electron chi connectivity index (χ4n) is 2.84. The van der Waals surface area contributed by atoms with Crippen LogP contribution in [0.15, 0.2) is 22.8 Å². The summed E-state index contributed by atoms with van der Waals surface area (Å²) >= 11 is 1.02. The number of rotatable bonds is 5. The highest BCUT2D eigenvalue weighted by molar-refractivity contribution is 7.16. The normalized spacial score (nSPS) is 15.0. The maximum absolute atomic E-state index is 12.4. The molecule has 0 spiro atoms. The molecule has 6 nitrogen and oxygen atoms in total. The molecule has 1 aliphatic carbocycles. The summed E-state index contributed by atoms with van der Waals surface area (Å²) in [6.45, 7) is 0.0153. The van der Waals surface area contributed by atoms with E-state index in [1.807, 2.05) is 0 Å². The monoisotopic (exact) mass is 335 g/mol. The molecule has 0 saturated heterocycles. The van der Waals surface area contributed by atoms with Gasteiger partial charge in [0.2, 0.25) is 0 Å². The molecule has 2 aromatic heterocycles. The number of fused-ring (bicyclic) bond motifs is 1. The lowest BCUT2D eigenvalue weighted by atomic mass is 9.92. The minimum atomic E-state index is -0.983. The second kappa shape index (κ2) is 6.55. The van der Waals surface area contributed by atoms with Crippen LogP contribution in [0.5, 0.6) is 0 Å². The minimum absolute atomic E-state index is 0.0153. The second-order valence-electron chi connectivity index (χ2n) is 5.47. The summed E-state index contributed by atoms with van der Waals surface area (Å²) in [6.07, 6.45) is 3.86. The zero-order chi connectivity index (χ0) is 16.4. The van der Waals surface area contributed by atoms with Gasteiger partial charge in [0.15, 0.2) is 0 Å². The van der Waals surface area contributed by atoms with Crippen molar-refractivity contribution in [3.05, 3.63) is 45.0 Å². The van der Waals surface area contributed by atoms with Crippen LogP contribution >= 0.6 is 11.3 Å². The number of nitrogens with one attached hydrogen (secondary N) is 1. The number of thiophene rings is 1. The summed E-state index contributed by atoms with van der Waals surface area (Å²) < 4.78 is 5.08. The van der Waals surface area contributed by atoms with E-state index in [9.17, 15) is 19.8 Å². The zero-order valence-corrected chi connectivity index (χ0v) is 13.2. The van der Waals surface area contributed by atoms with Crippen LogP contribution in [0.3, 0.4) is 0 Å². The van der Waals surface area contributed by atoms with Gasteiger partial charge in [-0.05, 0) is 48.9 Å². The van der Waals surface area contributed by atoms with Gasteiger partial charge >= 0.3 is 5.97 Å². The Morgan fingerprint density at radius 1 is 1.26 bits per heavy atom. The molecule has 1 unspecified atom stereocenters. The largest absolute Gasteiger partial charge is 0.477 e. The van der Waals surface area contributed by atoms with Crippen molar-refractivity contribution in [3.8, 4) is 0 Å². The van der Waals surface area contributed by atoms with E-state index >= 15 is 0 Å². The van der Waals surface area contributed by atoms with Gasteiger partial charge in [-0.2, -0.15) is 0 Å². The van der Waals surface area contributed by atoms with E-state index in [1.165, 1.54) is 6.26 Å². The van der Waals surface area contributed by atoms with E-state index in [-0.39, 0.29) is 17.3 Å². The number of carboxylic acids is 1. The summed E-state index contributed by atoms with van der Waals surface area (Å²) in [5.41, 5.74) is 1.65. The van der Waals surface area contributed by atoms with Crippen molar-refractivity contribution < 1.29 is 24.2 Å². The first-order valence-electron chi connectivity index (χ1n) is 7.45. The first-order valence-corrected chi connectivity index (χ1v) is 8.27. The van der Waals surface area contributed by atoms with Gasteiger partial charge in [0.1, 0.15) is 16.7 Å². The molecule has 0 radical (unpaired) electrons. The molecule has 0 aromatic carbocycles. The third-order valence-electron chi connectivity index (χ3n) is 3.95. The number of carbonyl (C=O) groups excluding carboxylic acids is 1. The van der Waals surface area contributed by atoms with Crippen molar-refractivity contribution in [3.63, 3.8) is 0 Å². The zero-order valence-electron chi connectivity index (χ0n) is 12.4. The summed E-state index contributed by atoms with van der Waals surface area (Å²) in [6, 6.07) is 3.29. The highest BCUT2D eigenvalue weighted by Crippen LogP contribution is 2.34. The van der Waals surface area contributed by atoms with Crippen molar-refractivity contribution in [2.45, 2.75) is 31.8 Å². The van der Waals surface area contributed by atoms with E-state index in [1.54, 1.807) is 12.1 Å². The van der Waals surface area contributed by atoms with Crippen molar-refractivity contribution in [1.82, 2.24) is 5.32 Å². The van der Waals surface area contributed by atoms with Crippen molar-refractivity contribution in [2.24, 2.45) is 0 Å². The van der Waals surface area contributed by atoms with Gasteiger partial charge in [0.25, 0.3) is 5.91 Å². The number of amides is 1. The summed E-state index contributed by atoms with van der Waals surface area (Å²) in [7, 11) is 0. The Labute approximate surface area is 136 Å². The third-order valence-corrected chi connectivity index (χ3v) is 5.21. The van der Waals surface area contributed by atoms with Gasteiger partial charge in [-0.15, -0.1) is 11.3 Å². The van der Waals surface area contributed by atoms with Crippen molar-refractivity contribution >= 4 is 23.2 Å². The molecule has 3 rings (SSSR count). The van der Waals surface area contributed by atoms with Crippen molar-refractivity contribution in [1.29, 1.82) is 0 Å². The molecule has 0 saturated carbocycles. The fourth-order valence-corrected chi connectivity index (χ4v) is 3.99. The molecule has 0 fully saturated rings. The quantitative estimate of drug-likeness (QED) is 0.779. The molecule has 1 atom stereocenters. The van der Waals surface area contributed by atoms with E-state index in [4.69, 9.17) is 4.42 Å². The lowest BCUT2D eigenvalue weighted by Crippen LogP contribution is -2.28. The van der Waals surface area contributed by atoms with Crippen LogP contribution in [0.25, 0.3) is 0 Å². The predicted octanol–water partition coefficient (Wildman–Crippen LogP) is 2.38. The Bertz CT molecular complexity index is 719. The number of aliphatic hydroxyl groups excluding tert-OH is 1. The van der Waals surface area contributed by atoms with Crippen LogP contribution in [0.4, 0.5) is 0 Å². The molecule has 1 amide bonds. The Morgan fingerprint density at radius 2 is 1.96 bits per heavy atom. The predicted molar refractivity (Wildman–Crippen MR) is 83.9 cm³/mol. The van der Waals surface area contributed by atoms with E-state index in [0.717, 1.165) is 41.7 Å². The minimum Gasteiger partial charge on any atom is -0.477 e. The molecule has 23 heavy (non-hydrogen) atoms. The topological polar surface area (TPSA) is 99.8 Å². The van der Waals surface area contributed by atoms with Gasteiger partial charge in [0.05, 0.1) is 17.7 Å². The van der Waals surface area contributed by atoms with Gasteiger partial charge in [-0.25, -0.2) is 4.79 Å². The van der Waals surface area contributed by atoms with Crippen molar-refractivity contribution in [2.75, 3.05) is 6.54 Å². The maximum Gasteiger partial charge on any atom is 0.346 e. The molecule has 0 bridgehead atoms. The Hall–Kier alpha value is -2.12. The van der Waals surface area contributed by atoms with E-state index in [2.05, 4.69) is 5.32 Å². The number of hydrogen-bond acceptors (Lipinski definition) is 5. The highest BCUT2D eigenvalue weighted by atomic mass is 32.1. The molecule has 0 aliphatic heterocycles. The van der Waals surface area contributed by atoms with Crippen LogP contribution in [0, 0.1) is 0 Å². The summed E-state index contributed by atoms with van der Waals surface area (Å²) in [5, 5.41) is 21.9. The average molecular weight is 335 g/mol. The fraction of sp³-hybridized carbons (Fsp3) is 0.375. The number of aliphatic hydroxyl groups is 1. The van der Waals surface area contributed by atoms with Gasteiger partial charge in [0, 0.05) is 0 Å². The third kappa shape index (κ3) is 3.16. The first kappa shape index (κ1) is 15.8. The van der Waals surface area contributed by atoms with E-state index < -0.39 is 12.1 Å². The molecule has 3 N–H and O–H groups in total. The summed E-state index contributed by atoms with van der Waals surface area (Å²) in [4.78, 5) is 24.5. The highest BCUT2D eigenvalue weighted by Gasteiger charge is 2.27. The number of furan rings is 1. The molecule has 2 heterocycles. The number of hydrogen-bond donors (Lipinski definition) is 3. The SMILES string of the molecule is O=C(O)c1sc(C(=O)NCC(O)c2ccco2)c2c1CCCC2. The van der Waals surface area contributed by atoms with Crippen LogP contribution in [-0.4, -0.2) is 28.6 Å². The Balaban J connectivity index is 1.76. The Morgan fingerprint density at radius 3 is 2.57 bits per heavy atom. The molecular weight excluding hydrogens is 318 g/mol. The molecule has 2 aromatic rings.